The van der Waals surface area contributed by atoms with Crippen LogP contribution >= 0.6 is 9.39 Å². The van der Waals surface area contributed by atoms with Crippen molar-refractivity contribution in [2.45, 2.75) is 0 Å². The van der Waals surface area contributed by atoms with Gasteiger partial charge in [-0.05, 0) is 9.39 Å². The normalized spacial score (nSPS) is 10.6. The van der Waals surface area contributed by atoms with E-state index in [0.29, 0.717) is 0 Å². The number of imidazole rings is 1. The second-order valence-electron chi connectivity index (χ2n) is 2.47. The zero-order chi connectivity index (χ0) is 10.3. The molecule has 0 radical (unpaired) electrons. The molecule has 0 fully saturated rings. The van der Waals surface area contributed by atoms with Gasteiger partial charge in [-0.1, -0.05) is 5.21 Å². The van der Waals surface area contributed by atoms with Gasteiger partial charge in [0.2, 0.25) is 0 Å². The van der Waals surface area contributed by atoms with Crippen LogP contribution in [0.2, 0.25) is 0 Å². The molecular weight excluding hydrogens is 207 g/mol. The summed E-state index contributed by atoms with van der Waals surface area (Å²) in [4.78, 5) is 25.9. The van der Waals surface area contributed by atoms with Crippen LogP contribution in [0.4, 0.5) is 0 Å². The zero-order valence-corrected chi connectivity index (χ0v) is 7.94. The second-order valence-corrected chi connectivity index (χ2v) is 2.96. The van der Waals surface area contributed by atoms with Gasteiger partial charge < -0.3 is 5.73 Å². The molecule has 0 aromatic carbocycles. The van der Waals surface area contributed by atoms with E-state index in [9.17, 15) is 9.59 Å². The third-order valence-electron chi connectivity index (χ3n) is 1.61. The van der Waals surface area contributed by atoms with Gasteiger partial charge in [0, 0.05) is 0 Å². The number of carbonyl (C=O) groups excluding carboxylic acids is 1. The van der Waals surface area contributed by atoms with Gasteiger partial charge in [0.15, 0.2) is 11.3 Å². The molecule has 2 rings (SSSR count). The Morgan fingerprint density at radius 3 is 2.93 bits per heavy atom. The highest BCUT2D eigenvalue weighted by molar-refractivity contribution is 7.14. The Morgan fingerprint density at radius 2 is 2.29 bits per heavy atom. The van der Waals surface area contributed by atoms with Crippen LogP contribution in [0.15, 0.2) is 11.1 Å². The molecule has 72 valence electrons. The van der Waals surface area contributed by atoms with Gasteiger partial charge in [0.1, 0.15) is 6.33 Å². The van der Waals surface area contributed by atoms with E-state index in [-0.39, 0.29) is 11.3 Å². The predicted molar refractivity (Wildman–Crippen MR) is 48.7 cm³/mol. The molecule has 2 aromatic heterocycles. The maximum Gasteiger partial charge on any atom is 0.355 e. The molecule has 1 atom stereocenters. The third kappa shape index (κ3) is 1.08. The van der Waals surface area contributed by atoms with E-state index in [1.807, 2.05) is 0 Å². The first-order valence-electron chi connectivity index (χ1n) is 3.49. The number of hydrogen-bond donors (Lipinski definition) is 1. The number of aromatic nitrogens is 5. The number of hydrogen-bond acceptors (Lipinski definition) is 5. The number of amides is 1. The van der Waals surface area contributed by atoms with Gasteiger partial charge in [0.05, 0.1) is 0 Å². The fourth-order valence-electron chi connectivity index (χ4n) is 0.991. The monoisotopic (exact) mass is 212 g/mol. The Bertz CT molecular complexity index is 571. The SMILES string of the molecule is NC(=O)c1ncn2c(=O)n(P)nnc12. The molecule has 14 heavy (non-hydrogen) atoms. The van der Waals surface area contributed by atoms with Crippen molar-refractivity contribution in [2.24, 2.45) is 5.73 Å². The molecule has 2 aromatic rings. The lowest BCUT2D eigenvalue weighted by molar-refractivity contribution is 0.0997. The average Bonchev–Trinajstić information content (AvgIpc) is 2.55. The summed E-state index contributed by atoms with van der Waals surface area (Å²) < 4.78 is 2.03. The van der Waals surface area contributed by atoms with Crippen molar-refractivity contribution in [1.29, 1.82) is 0 Å². The first-order valence-corrected chi connectivity index (χ1v) is 4.01. The first-order chi connectivity index (χ1) is 6.61. The summed E-state index contributed by atoms with van der Waals surface area (Å²) in [7, 11) is 2.06. The molecule has 0 saturated heterocycles. The van der Waals surface area contributed by atoms with Crippen molar-refractivity contribution in [3.63, 3.8) is 0 Å². The van der Waals surface area contributed by atoms with Crippen molar-refractivity contribution in [3.05, 3.63) is 22.5 Å². The van der Waals surface area contributed by atoms with E-state index >= 15 is 0 Å². The molecule has 0 aliphatic heterocycles. The minimum Gasteiger partial charge on any atom is -0.364 e. The number of fused-ring (bicyclic) bond motifs is 1. The Kier molecular flexibility index (Phi) is 1.78. The summed E-state index contributed by atoms with van der Waals surface area (Å²) in [6, 6.07) is 0. The molecule has 8 nitrogen and oxygen atoms in total. The quantitative estimate of drug-likeness (QED) is 0.551. The maximum atomic E-state index is 11.4. The Labute approximate surface area is 79.0 Å². The van der Waals surface area contributed by atoms with Crippen LogP contribution in [-0.4, -0.2) is 30.1 Å². The first kappa shape index (κ1) is 8.76. The highest BCUT2D eigenvalue weighted by atomic mass is 31.0. The Hall–Kier alpha value is -1.82. The third-order valence-corrected chi connectivity index (χ3v) is 1.94. The highest BCUT2D eigenvalue weighted by Gasteiger charge is 2.13. The van der Waals surface area contributed by atoms with Crippen molar-refractivity contribution in [3.8, 4) is 0 Å². The molecule has 0 aliphatic carbocycles. The molecule has 1 unspecified atom stereocenters. The van der Waals surface area contributed by atoms with Crippen molar-refractivity contribution >= 4 is 20.9 Å². The molecule has 0 bridgehead atoms. The fourth-order valence-corrected chi connectivity index (χ4v) is 1.17. The van der Waals surface area contributed by atoms with E-state index in [0.717, 1.165) is 8.85 Å². The summed E-state index contributed by atoms with van der Waals surface area (Å²) in [5.74, 6) is -0.747. The van der Waals surface area contributed by atoms with E-state index < -0.39 is 11.6 Å². The largest absolute Gasteiger partial charge is 0.364 e. The van der Waals surface area contributed by atoms with Crippen molar-refractivity contribution in [1.82, 2.24) is 24.1 Å². The molecular formula is C5H5N6O2P. The maximum absolute atomic E-state index is 11.4. The van der Waals surface area contributed by atoms with Gasteiger partial charge in [0.25, 0.3) is 5.91 Å². The summed E-state index contributed by atoms with van der Waals surface area (Å²) >= 11 is 0. The van der Waals surface area contributed by atoms with E-state index in [4.69, 9.17) is 5.73 Å². The van der Waals surface area contributed by atoms with Gasteiger partial charge >= 0.3 is 5.69 Å². The number of nitrogens with two attached hydrogens (primary N) is 1. The topological polar surface area (TPSA) is 108 Å². The van der Waals surface area contributed by atoms with E-state index in [1.165, 1.54) is 6.33 Å². The summed E-state index contributed by atoms with van der Waals surface area (Å²) in [5, 5.41) is 7.09. The minimum atomic E-state index is -0.747. The van der Waals surface area contributed by atoms with Crippen LogP contribution in [0.5, 0.6) is 0 Å². The summed E-state index contributed by atoms with van der Waals surface area (Å²) in [6.07, 6.45) is 1.17. The van der Waals surface area contributed by atoms with Gasteiger partial charge in [-0.3, -0.25) is 4.79 Å². The second kappa shape index (κ2) is 2.85. The molecule has 2 heterocycles. The Morgan fingerprint density at radius 1 is 1.57 bits per heavy atom. The van der Waals surface area contributed by atoms with Gasteiger partial charge in [-0.15, -0.1) is 5.10 Å². The number of primary amides is 1. The van der Waals surface area contributed by atoms with Gasteiger partial charge in [-0.25, -0.2) is 14.2 Å². The highest BCUT2D eigenvalue weighted by Crippen LogP contribution is 2.00. The van der Waals surface area contributed by atoms with Crippen LogP contribution in [-0.2, 0) is 0 Å². The zero-order valence-electron chi connectivity index (χ0n) is 6.78. The van der Waals surface area contributed by atoms with Crippen LogP contribution in [0.1, 0.15) is 10.5 Å². The molecule has 0 saturated carbocycles. The molecule has 2 N–H and O–H groups in total. The van der Waals surface area contributed by atoms with Crippen molar-refractivity contribution < 1.29 is 4.79 Å². The fraction of sp³-hybridized carbons (Fsp3) is 0. The van der Waals surface area contributed by atoms with Crippen LogP contribution < -0.4 is 11.4 Å². The summed E-state index contributed by atoms with van der Waals surface area (Å²) in [5.41, 5.74) is 4.53. The number of nitrogens with zero attached hydrogens (tertiary/aromatic N) is 5. The van der Waals surface area contributed by atoms with E-state index in [1.54, 1.807) is 0 Å². The van der Waals surface area contributed by atoms with Crippen LogP contribution in [0.3, 0.4) is 0 Å². The predicted octanol–water partition coefficient (Wildman–Crippen LogP) is -1.98. The molecule has 0 spiro atoms. The smallest absolute Gasteiger partial charge is 0.355 e. The lowest BCUT2D eigenvalue weighted by Gasteiger charge is -1.94. The van der Waals surface area contributed by atoms with E-state index in [2.05, 4.69) is 24.7 Å². The standard InChI is InChI=1S/C5H5N6O2P/c6-3(12)2-4-8-9-11(14)5(13)10(4)1-7-2/h1H,14H2,(H2,6,12). The summed E-state index contributed by atoms with van der Waals surface area (Å²) in [6.45, 7) is 0. The lowest BCUT2D eigenvalue weighted by atomic mass is 10.4. The number of carbonyl (C=O) groups is 1. The number of rotatable bonds is 1. The van der Waals surface area contributed by atoms with Crippen molar-refractivity contribution in [2.75, 3.05) is 0 Å². The Balaban J connectivity index is 2.91. The minimum absolute atomic E-state index is 0.0567. The average molecular weight is 212 g/mol. The molecule has 0 aliphatic rings. The molecule has 9 heteroatoms. The lowest BCUT2D eigenvalue weighted by Crippen LogP contribution is -2.24. The van der Waals surface area contributed by atoms with Crippen LogP contribution in [0.25, 0.3) is 5.65 Å². The van der Waals surface area contributed by atoms with Crippen LogP contribution in [0, 0.1) is 0 Å². The van der Waals surface area contributed by atoms with Gasteiger partial charge in [-0.2, -0.15) is 4.45 Å². The molecule has 1 amide bonds.